The largest absolute Gasteiger partial charge is 0.741 e. The number of nitrogens with one attached hydrogen (secondary N) is 4. The molecule has 0 aliphatic carbocycles. The second-order valence-electron chi connectivity index (χ2n) is 22.8. The number of nitro benzene ring substituents is 4. The van der Waals surface area contributed by atoms with E-state index in [2.05, 4.69) is 87.1 Å². The summed E-state index contributed by atoms with van der Waals surface area (Å²) in [6.07, 6.45) is 22.1. The van der Waals surface area contributed by atoms with Crippen molar-refractivity contribution in [2.45, 2.75) is 158 Å². The Morgan fingerprint density at radius 2 is 0.613 bits per heavy atom. The zero-order valence-corrected chi connectivity index (χ0v) is 57.1. The summed E-state index contributed by atoms with van der Waals surface area (Å²) < 4.78 is 2.84. The third-order valence-corrected chi connectivity index (χ3v) is 16.0. The molecule has 0 saturated carbocycles. The molecule has 93 heavy (non-hydrogen) atoms. The average Bonchev–Trinajstić information content (AvgIpc) is 0.916. The predicted octanol–water partition coefficient (Wildman–Crippen LogP) is 15.4. The number of aliphatic imine (C=N–C) groups is 2. The van der Waals surface area contributed by atoms with Crippen LogP contribution in [0.15, 0.2) is 131 Å². The molecule has 0 atom stereocenters. The summed E-state index contributed by atoms with van der Waals surface area (Å²) in [5, 5.41) is 47.2. The maximum absolute atomic E-state index is 12.2. The predicted molar refractivity (Wildman–Crippen MR) is 380 cm³/mol. The molecule has 0 radical (unpaired) electrons. The van der Waals surface area contributed by atoms with Crippen LogP contribution in [0.5, 0.6) is 0 Å². The second kappa shape index (κ2) is 44.2. The number of unbranched alkanes of at least 4 members (excludes halogenated alkanes) is 8. The number of quaternary nitrogens is 2. The van der Waals surface area contributed by atoms with Crippen molar-refractivity contribution in [1.82, 2.24) is 21.7 Å². The van der Waals surface area contributed by atoms with Gasteiger partial charge >= 0.3 is 0 Å². The normalized spacial score (nSPS) is 11.3. The van der Waals surface area contributed by atoms with Gasteiger partial charge in [0, 0.05) is 35.0 Å². The van der Waals surface area contributed by atoms with Gasteiger partial charge < -0.3 is 50.6 Å². The van der Waals surface area contributed by atoms with Crippen LogP contribution < -0.4 is 21.7 Å². The van der Waals surface area contributed by atoms with E-state index in [0.29, 0.717) is 11.4 Å². The number of nitro groups is 4. The van der Waals surface area contributed by atoms with E-state index in [4.69, 9.17) is 25.3 Å². The molecule has 25 heteroatoms. The monoisotopic (exact) mass is 1320 g/mol. The van der Waals surface area contributed by atoms with Crippen LogP contribution in [0.4, 0.5) is 34.1 Å². The van der Waals surface area contributed by atoms with E-state index >= 15 is 0 Å². The number of non-ortho nitro benzene ring substituents is 4. The smallest absolute Gasteiger partial charge is 0.277 e. The van der Waals surface area contributed by atoms with Crippen LogP contribution in [-0.2, 0) is 25.3 Å². The maximum atomic E-state index is 12.2. The van der Waals surface area contributed by atoms with E-state index in [0.717, 1.165) is 57.9 Å². The summed E-state index contributed by atoms with van der Waals surface area (Å²) in [7, 11) is 0. The van der Waals surface area contributed by atoms with E-state index in [1.165, 1.54) is 164 Å². The molecule has 0 aliphatic heterocycles. The first-order chi connectivity index (χ1) is 44.2. The Hall–Kier alpha value is -8.36. The van der Waals surface area contributed by atoms with Crippen molar-refractivity contribution >= 4 is 103 Å². The van der Waals surface area contributed by atoms with Crippen molar-refractivity contribution in [3.05, 3.63) is 173 Å². The van der Waals surface area contributed by atoms with Crippen molar-refractivity contribution in [1.29, 1.82) is 0 Å². The molecule has 0 aromatic heterocycles. The molecule has 6 aromatic carbocycles. The lowest BCUT2D eigenvalue weighted by atomic mass is 10.1. The van der Waals surface area contributed by atoms with Gasteiger partial charge in [-0.05, 0) is 84.6 Å². The molecule has 6 rings (SSSR count). The first-order valence-corrected chi connectivity index (χ1v) is 33.2. The fourth-order valence-corrected chi connectivity index (χ4v) is 10.7. The number of fused-ring (bicyclic) bond motifs is 2. The van der Waals surface area contributed by atoms with Gasteiger partial charge in [-0.1, -0.05) is 180 Å². The number of hydrazine groups is 2. The number of amidine groups is 2. The molecule has 6 aromatic rings. The molecule has 0 fully saturated rings. The van der Waals surface area contributed by atoms with E-state index in [-0.39, 0.29) is 26.9 Å². The van der Waals surface area contributed by atoms with E-state index < -0.39 is 54.3 Å². The van der Waals surface area contributed by atoms with E-state index in [9.17, 15) is 50.0 Å². The molecule has 0 spiro atoms. The first-order valence-electron chi connectivity index (χ1n) is 32.4. The number of amides is 2. The molecule has 6 N–H and O–H groups in total. The van der Waals surface area contributed by atoms with Crippen LogP contribution in [0.3, 0.4) is 0 Å². The molecular formula is C68H98N12O11S2. The standard InChI is InChI=1S/2C18H13N5O5S.2C16H36N.H2O/c2*24-17(12-8-13(22(25)26)10-14(9-12)23(27)28)20-21-18(29)19-16-7-3-5-11-4-1-2-6-15(11)16;2*1-5-9-13-17(14-10-6-2,15-11-7-3)16-12-8-4;/h2*1-10H,(H,20,24)(H2,19,21,29);2*5-16H2,1-4H3;1H2/q;;2*+1;/p-2. The van der Waals surface area contributed by atoms with Crippen molar-refractivity contribution in [3.63, 3.8) is 0 Å². The molecular weight excluding hydrogens is 1220 g/mol. The lowest BCUT2D eigenvalue weighted by Gasteiger charge is -2.39. The molecule has 23 nitrogen and oxygen atoms in total. The van der Waals surface area contributed by atoms with Crippen LogP contribution in [0, 0.1) is 40.5 Å². The Balaban J connectivity index is 0.000000435. The van der Waals surface area contributed by atoms with Crippen molar-refractivity contribution in [2.75, 3.05) is 52.4 Å². The summed E-state index contributed by atoms with van der Waals surface area (Å²) in [5.41, 5.74) is 7.61. The highest BCUT2D eigenvalue weighted by molar-refractivity contribution is 7.77. The summed E-state index contributed by atoms with van der Waals surface area (Å²) >= 11 is 10.2. The van der Waals surface area contributed by atoms with Crippen molar-refractivity contribution < 1.29 is 43.7 Å². The van der Waals surface area contributed by atoms with Crippen LogP contribution in [0.25, 0.3) is 21.5 Å². The Morgan fingerprint density at radius 1 is 0.376 bits per heavy atom. The van der Waals surface area contributed by atoms with Gasteiger partial charge in [-0.15, -0.1) is 0 Å². The summed E-state index contributed by atoms with van der Waals surface area (Å²) in [4.78, 5) is 73.4. The van der Waals surface area contributed by atoms with Gasteiger partial charge in [-0.3, -0.25) is 70.9 Å². The second-order valence-corrected chi connectivity index (χ2v) is 23.6. The number of carbonyl (C=O) groups excluding carboxylic acids is 2. The lowest BCUT2D eigenvalue weighted by Crippen LogP contribution is -2.50. The van der Waals surface area contributed by atoms with Gasteiger partial charge in [0.25, 0.3) is 34.6 Å². The SMILES string of the molecule is CCCC[N+](CCCC)(CCCC)CCCC.CCCC[N+](CCCC)(CCCC)CCCC.O.O=C(NNC([S-])=Nc1cccc2ccccc12)c1cc([N+](=O)[O-])cc([N+](=O)[O-])c1.O=C(NNC([S-])=Nc1cccc2ccccc12)c1cc([N+](=O)[O-])cc([N+](=O)[O-])c1. The topological polar surface area (TPSA) is 311 Å². The highest BCUT2D eigenvalue weighted by Gasteiger charge is 2.27. The highest BCUT2D eigenvalue weighted by atomic mass is 32.1. The zero-order chi connectivity index (χ0) is 67.9. The molecule has 0 aliphatic rings. The van der Waals surface area contributed by atoms with Crippen LogP contribution >= 0.6 is 0 Å². The number of nitrogens with zero attached hydrogens (tertiary/aromatic N) is 8. The Kier molecular flexibility index (Phi) is 38.4. The molecule has 508 valence electrons. The third kappa shape index (κ3) is 28.6. The fourth-order valence-electron chi connectivity index (χ4n) is 10.4. The molecule has 0 heterocycles. The average molecular weight is 1320 g/mol. The number of benzene rings is 6. The maximum Gasteiger partial charge on any atom is 0.277 e. The minimum absolute atomic E-state index is 0. The molecule has 0 bridgehead atoms. The zero-order valence-electron chi connectivity index (χ0n) is 55.5. The van der Waals surface area contributed by atoms with Crippen molar-refractivity contribution in [3.8, 4) is 0 Å². The summed E-state index contributed by atoms with van der Waals surface area (Å²) in [5.74, 6) is -1.68. The third-order valence-electron chi connectivity index (χ3n) is 15.6. The van der Waals surface area contributed by atoms with E-state index in [1.54, 1.807) is 12.1 Å². The van der Waals surface area contributed by atoms with Gasteiger partial charge in [0.15, 0.2) is 0 Å². The van der Waals surface area contributed by atoms with Gasteiger partial charge in [-0.25, -0.2) is 0 Å². The molecule has 0 saturated heterocycles. The molecule has 0 unspecified atom stereocenters. The Morgan fingerprint density at radius 3 is 0.849 bits per heavy atom. The molecule has 2 amide bonds. The summed E-state index contributed by atoms with van der Waals surface area (Å²) in [6, 6.07) is 31.3. The van der Waals surface area contributed by atoms with Crippen LogP contribution in [0.1, 0.15) is 179 Å². The van der Waals surface area contributed by atoms with Crippen LogP contribution in [-0.4, -0.2) is 109 Å². The Bertz CT molecular complexity index is 3000. The van der Waals surface area contributed by atoms with Gasteiger partial charge in [0.2, 0.25) is 0 Å². The highest BCUT2D eigenvalue weighted by Crippen LogP contribution is 2.28. The first kappa shape index (κ1) is 80.7. The minimum Gasteiger partial charge on any atom is -0.741 e. The van der Waals surface area contributed by atoms with Gasteiger partial charge in [-0.2, -0.15) is 0 Å². The number of carbonyl (C=O) groups is 2. The summed E-state index contributed by atoms with van der Waals surface area (Å²) in [6.45, 7) is 30.0. The van der Waals surface area contributed by atoms with Gasteiger partial charge in [0.1, 0.15) is 0 Å². The number of rotatable bonds is 32. The minimum atomic E-state index is -0.840. The number of hydrogen-bond donors (Lipinski definition) is 4. The Labute approximate surface area is 559 Å². The van der Waals surface area contributed by atoms with Crippen molar-refractivity contribution in [2.24, 2.45) is 9.98 Å². The van der Waals surface area contributed by atoms with E-state index in [1.807, 2.05) is 72.8 Å². The lowest BCUT2D eigenvalue weighted by molar-refractivity contribution is -0.929. The van der Waals surface area contributed by atoms with Crippen LogP contribution in [0.2, 0.25) is 0 Å². The van der Waals surface area contributed by atoms with Gasteiger partial charge in [0.05, 0.1) is 107 Å². The number of hydrogen-bond acceptors (Lipinski definition) is 14. The fraction of sp³-hybridized carbons (Fsp3) is 0.471. The quantitative estimate of drug-likeness (QED) is 0.00762.